The Balaban J connectivity index is 1.39. The molecule has 1 unspecified atom stereocenters. The van der Waals surface area contributed by atoms with Crippen LogP contribution >= 0.6 is 0 Å². The smallest absolute Gasteiger partial charge is 0.275 e. The Kier molecular flexibility index (Phi) is 6.60. The largest absolute Gasteiger partial charge is 0.370 e. The summed E-state index contributed by atoms with van der Waals surface area (Å²) >= 11 is 0. The molecule has 1 saturated heterocycles. The molecular formula is C24H33N3O2+2. The van der Waals surface area contributed by atoms with E-state index in [1.54, 1.807) is 0 Å². The quantitative estimate of drug-likeness (QED) is 0.634. The third-order valence-corrected chi connectivity index (χ3v) is 6.34. The number of benzene rings is 2. The van der Waals surface area contributed by atoms with Crippen LogP contribution in [0.2, 0.25) is 0 Å². The van der Waals surface area contributed by atoms with Crippen LogP contribution in [-0.4, -0.2) is 51.3 Å². The minimum Gasteiger partial charge on any atom is -0.370 e. The Morgan fingerprint density at radius 3 is 2.45 bits per heavy atom. The monoisotopic (exact) mass is 395 g/mol. The summed E-state index contributed by atoms with van der Waals surface area (Å²) < 4.78 is 5.56. The maximum Gasteiger partial charge on any atom is 0.275 e. The Morgan fingerprint density at radius 1 is 1.00 bits per heavy atom. The zero-order valence-electron chi connectivity index (χ0n) is 17.3. The minimum atomic E-state index is 0.0782. The number of quaternary nitrogens is 2. The van der Waals surface area contributed by atoms with Gasteiger partial charge in [0.15, 0.2) is 6.54 Å². The van der Waals surface area contributed by atoms with Crippen molar-refractivity contribution in [2.45, 2.75) is 32.0 Å². The first-order chi connectivity index (χ1) is 14.2. The number of ether oxygens (including phenoxy) is 1. The third-order valence-electron chi connectivity index (χ3n) is 6.34. The van der Waals surface area contributed by atoms with Crippen molar-refractivity contribution in [1.29, 1.82) is 0 Å². The van der Waals surface area contributed by atoms with Crippen LogP contribution in [0.1, 0.15) is 29.7 Å². The van der Waals surface area contributed by atoms with Gasteiger partial charge in [0.2, 0.25) is 0 Å². The van der Waals surface area contributed by atoms with Gasteiger partial charge in [-0.05, 0) is 12.5 Å². The van der Waals surface area contributed by atoms with Gasteiger partial charge in [-0.2, -0.15) is 0 Å². The molecule has 5 heteroatoms. The SMILES string of the molecule is C[C@@H](NC(=O)C[NH+]1CCc2ccccc2C1)[C@H](c1ccccc1)[NH+]1CCOCC1. The Morgan fingerprint density at radius 2 is 1.69 bits per heavy atom. The summed E-state index contributed by atoms with van der Waals surface area (Å²) in [7, 11) is 0. The van der Waals surface area contributed by atoms with Crippen LogP contribution < -0.4 is 15.1 Å². The lowest BCUT2D eigenvalue weighted by Crippen LogP contribution is -3.15. The van der Waals surface area contributed by atoms with Gasteiger partial charge in [-0.25, -0.2) is 0 Å². The number of carbonyl (C=O) groups excluding carboxylic acids is 1. The molecule has 5 nitrogen and oxygen atoms in total. The van der Waals surface area contributed by atoms with E-state index in [1.165, 1.54) is 26.5 Å². The molecule has 1 amide bonds. The second-order valence-electron chi connectivity index (χ2n) is 8.39. The predicted octanol–water partition coefficient (Wildman–Crippen LogP) is -0.211. The van der Waals surface area contributed by atoms with Crippen molar-refractivity contribution in [3.05, 3.63) is 71.3 Å². The number of nitrogens with one attached hydrogen (secondary N) is 3. The van der Waals surface area contributed by atoms with E-state index in [0.717, 1.165) is 45.8 Å². The van der Waals surface area contributed by atoms with Gasteiger partial charge in [0, 0.05) is 17.5 Å². The number of amides is 1. The van der Waals surface area contributed by atoms with Crippen LogP contribution in [0.15, 0.2) is 54.6 Å². The summed E-state index contributed by atoms with van der Waals surface area (Å²) in [5, 5.41) is 3.33. The zero-order chi connectivity index (χ0) is 20.1. The number of rotatable bonds is 6. The van der Waals surface area contributed by atoms with Gasteiger partial charge >= 0.3 is 0 Å². The highest BCUT2D eigenvalue weighted by molar-refractivity contribution is 5.77. The first kappa shape index (κ1) is 20.1. The second-order valence-corrected chi connectivity index (χ2v) is 8.39. The van der Waals surface area contributed by atoms with Crippen LogP contribution in [0.3, 0.4) is 0 Å². The van der Waals surface area contributed by atoms with Gasteiger partial charge < -0.3 is 19.9 Å². The second kappa shape index (κ2) is 9.53. The normalized spacial score (nSPS) is 21.8. The summed E-state index contributed by atoms with van der Waals surface area (Å²) in [6, 6.07) is 19.5. The van der Waals surface area contributed by atoms with Crippen molar-refractivity contribution >= 4 is 5.91 Å². The highest BCUT2D eigenvalue weighted by atomic mass is 16.5. The molecule has 0 aromatic heterocycles. The lowest BCUT2D eigenvalue weighted by molar-refractivity contribution is -0.940. The number of carbonyl (C=O) groups is 1. The molecule has 0 radical (unpaired) electrons. The standard InChI is InChI=1S/C24H31N3O2/c1-19(24(21-8-3-2-4-9-21)27-13-15-29-16-14-27)25-23(28)18-26-12-11-20-7-5-6-10-22(20)17-26/h2-10,19,24H,11-18H2,1H3,(H,25,28)/p+2/t19-,24-/m1/s1. The average molecular weight is 396 g/mol. The molecule has 0 aliphatic carbocycles. The molecule has 154 valence electrons. The summed E-state index contributed by atoms with van der Waals surface area (Å²) in [5.74, 6) is 0.153. The van der Waals surface area contributed by atoms with E-state index in [1.807, 2.05) is 0 Å². The predicted molar refractivity (Wildman–Crippen MR) is 113 cm³/mol. The molecule has 2 aliphatic rings. The van der Waals surface area contributed by atoms with Crippen molar-refractivity contribution in [3.8, 4) is 0 Å². The molecule has 4 rings (SSSR count). The van der Waals surface area contributed by atoms with Crippen LogP contribution in [0.4, 0.5) is 0 Å². The van der Waals surface area contributed by atoms with Crippen molar-refractivity contribution < 1.29 is 19.3 Å². The number of fused-ring (bicyclic) bond motifs is 1. The number of hydrogen-bond donors (Lipinski definition) is 3. The lowest BCUT2D eigenvalue weighted by Gasteiger charge is -2.35. The average Bonchev–Trinajstić information content (AvgIpc) is 2.75. The minimum absolute atomic E-state index is 0.0782. The summed E-state index contributed by atoms with van der Waals surface area (Å²) in [4.78, 5) is 15.7. The Hall–Kier alpha value is -2.21. The van der Waals surface area contributed by atoms with Gasteiger partial charge in [0.1, 0.15) is 25.7 Å². The van der Waals surface area contributed by atoms with E-state index in [9.17, 15) is 4.79 Å². The summed E-state index contributed by atoms with van der Waals surface area (Å²) in [5.41, 5.74) is 4.11. The molecule has 1 fully saturated rings. The van der Waals surface area contributed by atoms with Crippen LogP contribution in [0.5, 0.6) is 0 Å². The van der Waals surface area contributed by atoms with E-state index >= 15 is 0 Å². The van der Waals surface area contributed by atoms with Crippen LogP contribution in [0.25, 0.3) is 0 Å². The molecule has 2 aromatic carbocycles. The van der Waals surface area contributed by atoms with E-state index in [-0.39, 0.29) is 18.0 Å². The third kappa shape index (κ3) is 5.04. The fourth-order valence-corrected chi connectivity index (χ4v) is 4.89. The van der Waals surface area contributed by atoms with Gasteiger partial charge in [0.05, 0.1) is 25.8 Å². The zero-order valence-corrected chi connectivity index (χ0v) is 17.3. The van der Waals surface area contributed by atoms with Crippen molar-refractivity contribution in [2.75, 3.05) is 39.4 Å². The van der Waals surface area contributed by atoms with Crippen molar-refractivity contribution in [3.63, 3.8) is 0 Å². The fourth-order valence-electron chi connectivity index (χ4n) is 4.89. The fraction of sp³-hybridized carbons (Fsp3) is 0.458. The van der Waals surface area contributed by atoms with E-state index in [0.29, 0.717) is 6.54 Å². The number of hydrogen-bond acceptors (Lipinski definition) is 2. The molecule has 3 N–H and O–H groups in total. The highest BCUT2D eigenvalue weighted by Gasteiger charge is 2.33. The van der Waals surface area contributed by atoms with Crippen LogP contribution in [-0.2, 0) is 22.5 Å². The molecule has 3 atom stereocenters. The lowest BCUT2D eigenvalue weighted by atomic mass is 9.98. The Labute approximate surface area is 173 Å². The molecule has 0 spiro atoms. The molecule has 0 saturated carbocycles. The molecule has 29 heavy (non-hydrogen) atoms. The topological polar surface area (TPSA) is 47.2 Å². The molecule has 2 heterocycles. The van der Waals surface area contributed by atoms with Gasteiger partial charge in [-0.3, -0.25) is 4.79 Å². The van der Waals surface area contributed by atoms with E-state index < -0.39 is 0 Å². The van der Waals surface area contributed by atoms with E-state index in [4.69, 9.17) is 4.74 Å². The molecule has 2 aromatic rings. The first-order valence-electron chi connectivity index (χ1n) is 10.9. The maximum absolute atomic E-state index is 12.9. The molecule has 2 aliphatic heterocycles. The maximum atomic E-state index is 12.9. The van der Waals surface area contributed by atoms with Gasteiger partial charge in [0.25, 0.3) is 5.91 Å². The molecule has 0 bridgehead atoms. The van der Waals surface area contributed by atoms with Crippen molar-refractivity contribution in [1.82, 2.24) is 5.32 Å². The van der Waals surface area contributed by atoms with Gasteiger partial charge in [-0.1, -0.05) is 54.6 Å². The Bertz CT molecular complexity index is 805. The van der Waals surface area contributed by atoms with Crippen molar-refractivity contribution in [2.24, 2.45) is 0 Å². The first-order valence-corrected chi connectivity index (χ1v) is 10.9. The van der Waals surface area contributed by atoms with Gasteiger partial charge in [-0.15, -0.1) is 0 Å². The highest BCUT2D eigenvalue weighted by Crippen LogP contribution is 2.14. The summed E-state index contributed by atoms with van der Waals surface area (Å²) in [6.07, 6.45) is 1.05. The summed E-state index contributed by atoms with van der Waals surface area (Å²) in [6.45, 7) is 8.19. The molecular weight excluding hydrogens is 362 g/mol. The number of morpholine rings is 1. The van der Waals surface area contributed by atoms with Crippen LogP contribution in [0, 0.1) is 0 Å². The van der Waals surface area contributed by atoms with E-state index in [2.05, 4.69) is 66.8 Å².